The highest BCUT2D eigenvalue weighted by Gasteiger charge is 2.28. The molecule has 0 unspecified atom stereocenters. The molecule has 0 bridgehead atoms. The Kier molecular flexibility index (Phi) is 4.64. The quantitative estimate of drug-likeness (QED) is 0.797. The van der Waals surface area contributed by atoms with Gasteiger partial charge in [0.15, 0.2) is 0 Å². The third kappa shape index (κ3) is 3.83. The summed E-state index contributed by atoms with van der Waals surface area (Å²) in [5, 5.41) is 6.73. The number of imide groups is 1. The van der Waals surface area contributed by atoms with Gasteiger partial charge in [0, 0.05) is 24.9 Å². The third-order valence-corrected chi connectivity index (χ3v) is 3.77. The predicted molar refractivity (Wildman–Crippen MR) is 84.5 cm³/mol. The maximum absolute atomic E-state index is 11.9. The SMILES string of the molecule is O=C(CCn1cncn1)Nc1ccc(CN2C(=O)CCC2=O)cc1. The molecule has 0 saturated carbocycles. The average Bonchev–Trinajstić information content (AvgIpc) is 3.20. The van der Waals surface area contributed by atoms with Gasteiger partial charge in [-0.1, -0.05) is 12.1 Å². The molecule has 1 aliphatic heterocycles. The first-order valence-corrected chi connectivity index (χ1v) is 7.66. The van der Waals surface area contributed by atoms with Gasteiger partial charge in [-0.2, -0.15) is 5.10 Å². The lowest BCUT2D eigenvalue weighted by molar-refractivity contribution is -0.139. The van der Waals surface area contributed by atoms with E-state index in [1.165, 1.54) is 11.2 Å². The molecule has 8 nitrogen and oxygen atoms in total. The standard InChI is InChI=1S/C16H17N5O3/c22-14(7-8-20-11-17-10-18-20)19-13-3-1-12(2-4-13)9-21-15(23)5-6-16(21)24/h1-4,10-11H,5-9H2,(H,19,22). The fourth-order valence-corrected chi connectivity index (χ4v) is 2.46. The van der Waals surface area contributed by atoms with Crippen molar-refractivity contribution in [2.24, 2.45) is 0 Å². The number of anilines is 1. The van der Waals surface area contributed by atoms with E-state index in [0.29, 0.717) is 31.5 Å². The Hall–Kier alpha value is -3.03. The van der Waals surface area contributed by atoms with E-state index in [1.54, 1.807) is 35.3 Å². The molecule has 124 valence electrons. The van der Waals surface area contributed by atoms with Gasteiger partial charge in [-0.15, -0.1) is 0 Å². The van der Waals surface area contributed by atoms with Crippen molar-refractivity contribution in [1.82, 2.24) is 19.7 Å². The summed E-state index contributed by atoms with van der Waals surface area (Å²) in [5.41, 5.74) is 1.51. The fraction of sp³-hybridized carbons (Fsp3) is 0.312. The minimum atomic E-state index is -0.134. The average molecular weight is 327 g/mol. The molecule has 1 fully saturated rings. The number of amides is 3. The Bertz CT molecular complexity index is 724. The molecule has 3 rings (SSSR count). The summed E-state index contributed by atoms with van der Waals surface area (Å²) in [5.74, 6) is -0.390. The maximum Gasteiger partial charge on any atom is 0.229 e. The van der Waals surface area contributed by atoms with Crippen LogP contribution in [0.25, 0.3) is 0 Å². The highest BCUT2D eigenvalue weighted by Crippen LogP contribution is 2.17. The van der Waals surface area contributed by atoms with Gasteiger partial charge in [0.1, 0.15) is 12.7 Å². The second kappa shape index (κ2) is 7.03. The summed E-state index contributed by atoms with van der Waals surface area (Å²) < 4.78 is 1.59. The van der Waals surface area contributed by atoms with Crippen LogP contribution in [0.5, 0.6) is 0 Å². The Balaban J connectivity index is 1.51. The molecule has 3 amide bonds. The van der Waals surface area contributed by atoms with Gasteiger partial charge in [-0.3, -0.25) is 24.0 Å². The molecule has 0 radical (unpaired) electrons. The van der Waals surface area contributed by atoms with Crippen LogP contribution in [0.3, 0.4) is 0 Å². The van der Waals surface area contributed by atoms with E-state index in [1.807, 2.05) is 0 Å². The molecule has 2 heterocycles. The van der Waals surface area contributed by atoms with Crippen LogP contribution in [0, 0.1) is 0 Å². The molecule has 0 atom stereocenters. The molecule has 1 aromatic carbocycles. The number of hydrogen-bond donors (Lipinski definition) is 1. The van der Waals surface area contributed by atoms with E-state index in [9.17, 15) is 14.4 Å². The first kappa shape index (κ1) is 15.9. The molecular weight excluding hydrogens is 310 g/mol. The van der Waals surface area contributed by atoms with E-state index >= 15 is 0 Å². The monoisotopic (exact) mass is 327 g/mol. The first-order chi connectivity index (χ1) is 11.6. The van der Waals surface area contributed by atoms with E-state index in [0.717, 1.165) is 5.56 Å². The van der Waals surface area contributed by atoms with Crippen LogP contribution in [-0.4, -0.2) is 37.4 Å². The number of aromatic nitrogens is 3. The predicted octanol–water partition coefficient (Wildman–Crippen LogP) is 0.956. The van der Waals surface area contributed by atoms with Crippen molar-refractivity contribution in [1.29, 1.82) is 0 Å². The molecule has 1 saturated heterocycles. The lowest BCUT2D eigenvalue weighted by atomic mass is 10.2. The fourth-order valence-electron chi connectivity index (χ4n) is 2.46. The van der Waals surface area contributed by atoms with Crippen LogP contribution >= 0.6 is 0 Å². The Morgan fingerprint density at radius 3 is 2.46 bits per heavy atom. The minimum absolute atomic E-state index is 0.122. The lowest BCUT2D eigenvalue weighted by Crippen LogP contribution is -2.28. The number of hydrogen-bond acceptors (Lipinski definition) is 5. The number of carbonyl (C=O) groups is 3. The van der Waals surface area contributed by atoms with Crippen molar-refractivity contribution in [3.8, 4) is 0 Å². The van der Waals surface area contributed by atoms with E-state index in [4.69, 9.17) is 0 Å². The number of likely N-dealkylation sites (tertiary alicyclic amines) is 1. The zero-order valence-electron chi connectivity index (χ0n) is 13.0. The number of aryl methyl sites for hydroxylation is 1. The van der Waals surface area contributed by atoms with Crippen LogP contribution in [0.4, 0.5) is 5.69 Å². The van der Waals surface area contributed by atoms with Crippen LogP contribution < -0.4 is 5.32 Å². The van der Waals surface area contributed by atoms with Crippen molar-refractivity contribution >= 4 is 23.4 Å². The molecule has 1 aromatic heterocycles. The summed E-state index contributed by atoms with van der Waals surface area (Å²) >= 11 is 0. The molecule has 8 heteroatoms. The topological polar surface area (TPSA) is 97.2 Å². The van der Waals surface area contributed by atoms with Gasteiger partial charge in [-0.05, 0) is 17.7 Å². The van der Waals surface area contributed by atoms with Crippen molar-refractivity contribution in [2.45, 2.75) is 32.4 Å². The van der Waals surface area contributed by atoms with Crippen molar-refractivity contribution in [3.63, 3.8) is 0 Å². The highest BCUT2D eigenvalue weighted by molar-refractivity contribution is 6.01. The molecule has 2 aromatic rings. The number of benzene rings is 1. The highest BCUT2D eigenvalue weighted by atomic mass is 16.2. The molecule has 0 aliphatic carbocycles. The van der Waals surface area contributed by atoms with Crippen LogP contribution in [0.2, 0.25) is 0 Å². The smallest absolute Gasteiger partial charge is 0.229 e. The Morgan fingerprint density at radius 2 is 1.83 bits per heavy atom. The van der Waals surface area contributed by atoms with Gasteiger partial charge >= 0.3 is 0 Å². The number of nitrogens with zero attached hydrogens (tertiary/aromatic N) is 4. The van der Waals surface area contributed by atoms with Gasteiger partial charge < -0.3 is 5.32 Å². The summed E-state index contributed by atoms with van der Waals surface area (Å²) in [6, 6.07) is 7.11. The second-order valence-corrected chi connectivity index (χ2v) is 5.53. The summed E-state index contributed by atoms with van der Waals surface area (Å²) in [6.45, 7) is 0.737. The Morgan fingerprint density at radius 1 is 1.12 bits per heavy atom. The first-order valence-electron chi connectivity index (χ1n) is 7.66. The van der Waals surface area contributed by atoms with Gasteiger partial charge in [0.25, 0.3) is 0 Å². The molecule has 1 aliphatic rings. The number of nitrogens with one attached hydrogen (secondary N) is 1. The Labute approximate surface area is 138 Å². The second-order valence-electron chi connectivity index (χ2n) is 5.53. The summed E-state index contributed by atoms with van der Waals surface area (Å²) in [4.78, 5) is 40.2. The van der Waals surface area contributed by atoms with Gasteiger partial charge in [0.05, 0.1) is 13.1 Å². The largest absolute Gasteiger partial charge is 0.326 e. The molecular formula is C16H17N5O3. The number of carbonyl (C=O) groups excluding carboxylic acids is 3. The van der Waals surface area contributed by atoms with Crippen molar-refractivity contribution in [2.75, 3.05) is 5.32 Å². The minimum Gasteiger partial charge on any atom is -0.326 e. The van der Waals surface area contributed by atoms with Crippen molar-refractivity contribution in [3.05, 3.63) is 42.5 Å². The maximum atomic E-state index is 11.9. The van der Waals surface area contributed by atoms with E-state index in [-0.39, 0.29) is 24.3 Å². The summed E-state index contributed by atoms with van der Waals surface area (Å²) in [6.07, 6.45) is 3.86. The lowest BCUT2D eigenvalue weighted by Gasteiger charge is -2.14. The molecule has 24 heavy (non-hydrogen) atoms. The van der Waals surface area contributed by atoms with Gasteiger partial charge in [-0.25, -0.2) is 4.98 Å². The number of rotatable bonds is 6. The third-order valence-electron chi connectivity index (χ3n) is 3.77. The van der Waals surface area contributed by atoms with E-state index in [2.05, 4.69) is 15.4 Å². The molecule has 0 spiro atoms. The summed E-state index contributed by atoms with van der Waals surface area (Å²) in [7, 11) is 0. The van der Waals surface area contributed by atoms with Crippen LogP contribution in [-0.2, 0) is 27.5 Å². The zero-order valence-corrected chi connectivity index (χ0v) is 13.0. The van der Waals surface area contributed by atoms with E-state index < -0.39 is 0 Å². The van der Waals surface area contributed by atoms with Crippen LogP contribution in [0.1, 0.15) is 24.8 Å². The molecule has 1 N–H and O–H groups in total. The van der Waals surface area contributed by atoms with Crippen molar-refractivity contribution < 1.29 is 14.4 Å². The van der Waals surface area contributed by atoms with Gasteiger partial charge in [0.2, 0.25) is 17.7 Å². The van der Waals surface area contributed by atoms with Crippen LogP contribution in [0.15, 0.2) is 36.9 Å². The normalized spacial score (nSPS) is 14.2. The zero-order chi connectivity index (χ0) is 16.9.